The Hall–Kier alpha value is -3.09. The van der Waals surface area contributed by atoms with Crippen molar-refractivity contribution >= 4 is 23.8 Å². The van der Waals surface area contributed by atoms with Gasteiger partial charge in [-0.2, -0.15) is 5.10 Å². The third kappa shape index (κ3) is 4.48. The van der Waals surface area contributed by atoms with E-state index in [2.05, 4.69) is 10.4 Å². The van der Waals surface area contributed by atoms with E-state index in [-0.39, 0.29) is 12.5 Å². The van der Waals surface area contributed by atoms with Crippen LogP contribution in [0.4, 0.5) is 5.82 Å². The largest absolute Gasteiger partial charge is 0.497 e. The van der Waals surface area contributed by atoms with Gasteiger partial charge in [-0.1, -0.05) is 12.1 Å². The SMILES string of the molecule is COc1cccc(/C=C/C(=O)Nc2ccn(CC(=O)O)n2)c1. The Labute approximate surface area is 126 Å². The Morgan fingerprint density at radius 3 is 2.95 bits per heavy atom. The van der Waals surface area contributed by atoms with Crippen molar-refractivity contribution in [1.82, 2.24) is 9.78 Å². The summed E-state index contributed by atoms with van der Waals surface area (Å²) in [7, 11) is 1.57. The molecule has 0 radical (unpaired) electrons. The van der Waals surface area contributed by atoms with Crippen LogP contribution in [-0.2, 0) is 16.1 Å². The molecule has 0 aliphatic heterocycles. The number of carbonyl (C=O) groups excluding carboxylic acids is 1. The minimum Gasteiger partial charge on any atom is -0.497 e. The highest BCUT2D eigenvalue weighted by Crippen LogP contribution is 2.13. The molecule has 2 rings (SSSR count). The van der Waals surface area contributed by atoms with Crippen molar-refractivity contribution in [2.45, 2.75) is 6.54 Å². The zero-order valence-corrected chi connectivity index (χ0v) is 11.9. The van der Waals surface area contributed by atoms with Gasteiger partial charge in [-0.3, -0.25) is 14.3 Å². The number of rotatable bonds is 6. The van der Waals surface area contributed by atoms with Gasteiger partial charge in [0.15, 0.2) is 5.82 Å². The molecule has 0 spiro atoms. The Morgan fingerprint density at radius 1 is 1.41 bits per heavy atom. The van der Waals surface area contributed by atoms with E-state index in [1.807, 2.05) is 18.2 Å². The number of benzene rings is 1. The van der Waals surface area contributed by atoms with Gasteiger partial charge >= 0.3 is 5.97 Å². The van der Waals surface area contributed by atoms with E-state index in [1.165, 1.54) is 23.0 Å². The Bertz CT molecular complexity index is 706. The van der Waals surface area contributed by atoms with Gasteiger partial charge in [0, 0.05) is 18.3 Å². The summed E-state index contributed by atoms with van der Waals surface area (Å²) in [6.07, 6.45) is 4.49. The molecule has 0 aliphatic carbocycles. The molecule has 1 heterocycles. The van der Waals surface area contributed by atoms with Crippen LogP contribution in [0.25, 0.3) is 6.08 Å². The number of aromatic nitrogens is 2. The highest BCUT2D eigenvalue weighted by Gasteiger charge is 2.04. The second-order valence-corrected chi connectivity index (χ2v) is 4.39. The average molecular weight is 301 g/mol. The van der Waals surface area contributed by atoms with Crippen molar-refractivity contribution in [3.63, 3.8) is 0 Å². The molecule has 7 nitrogen and oxygen atoms in total. The van der Waals surface area contributed by atoms with E-state index in [0.717, 1.165) is 5.56 Å². The Balaban J connectivity index is 1.95. The molecule has 7 heteroatoms. The predicted molar refractivity (Wildman–Crippen MR) is 80.5 cm³/mol. The lowest BCUT2D eigenvalue weighted by Crippen LogP contribution is -2.11. The topological polar surface area (TPSA) is 93.5 Å². The lowest BCUT2D eigenvalue weighted by Gasteiger charge is -2.00. The number of carboxylic acid groups (broad SMARTS) is 1. The first kappa shape index (κ1) is 15.3. The lowest BCUT2D eigenvalue weighted by molar-refractivity contribution is -0.137. The molecular weight excluding hydrogens is 286 g/mol. The highest BCUT2D eigenvalue weighted by molar-refractivity contribution is 6.01. The minimum absolute atomic E-state index is 0.254. The third-order valence-electron chi connectivity index (χ3n) is 2.71. The summed E-state index contributed by atoms with van der Waals surface area (Å²) in [4.78, 5) is 22.3. The van der Waals surface area contributed by atoms with Crippen LogP contribution >= 0.6 is 0 Å². The van der Waals surface area contributed by atoms with Crippen molar-refractivity contribution in [3.8, 4) is 5.75 Å². The predicted octanol–water partition coefficient (Wildman–Crippen LogP) is 1.63. The van der Waals surface area contributed by atoms with E-state index in [4.69, 9.17) is 9.84 Å². The molecule has 0 saturated carbocycles. The minimum atomic E-state index is -1.00. The summed E-state index contributed by atoms with van der Waals surface area (Å²) < 4.78 is 6.32. The monoisotopic (exact) mass is 301 g/mol. The van der Waals surface area contributed by atoms with Crippen molar-refractivity contribution in [1.29, 1.82) is 0 Å². The molecule has 1 aromatic heterocycles. The summed E-state index contributed by atoms with van der Waals surface area (Å²) in [5.41, 5.74) is 0.825. The summed E-state index contributed by atoms with van der Waals surface area (Å²) in [6, 6.07) is 8.80. The van der Waals surface area contributed by atoms with Crippen LogP contribution in [-0.4, -0.2) is 33.9 Å². The smallest absolute Gasteiger partial charge is 0.325 e. The Morgan fingerprint density at radius 2 is 2.23 bits per heavy atom. The molecular formula is C15H15N3O4. The number of aliphatic carboxylic acids is 1. The molecule has 1 aromatic carbocycles. The number of hydrogen-bond donors (Lipinski definition) is 2. The molecule has 0 fully saturated rings. The Kier molecular flexibility index (Phi) is 4.92. The molecule has 2 aromatic rings. The van der Waals surface area contributed by atoms with Gasteiger partial charge < -0.3 is 15.2 Å². The van der Waals surface area contributed by atoms with Gasteiger partial charge in [-0.05, 0) is 23.8 Å². The third-order valence-corrected chi connectivity index (χ3v) is 2.71. The van der Waals surface area contributed by atoms with E-state index in [9.17, 15) is 9.59 Å². The van der Waals surface area contributed by atoms with E-state index < -0.39 is 5.97 Å². The number of nitrogens with zero attached hydrogens (tertiary/aromatic N) is 2. The van der Waals surface area contributed by atoms with Crippen molar-refractivity contribution in [3.05, 3.63) is 48.2 Å². The van der Waals surface area contributed by atoms with Crippen LogP contribution in [0.2, 0.25) is 0 Å². The van der Waals surface area contributed by atoms with Crippen molar-refractivity contribution < 1.29 is 19.4 Å². The number of carboxylic acids is 1. The van der Waals surface area contributed by atoms with Crippen LogP contribution < -0.4 is 10.1 Å². The summed E-state index contributed by atoms with van der Waals surface area (Å²) in [5.74, 6) is -0.362. The number of hydrogen-bond acceptors (Lipinski definition) is 4. The maximum atomic E-state index is 11.8. The van der Waals surface area contributed by atoms with Gasteiger partial charge in [0.05, 0.1) is 7.11 Å². The molecule has 0 aliphatic rings. The van der Waals surface area contributed by atoms with E-state index in [1.54, 1.807) is 19.3 Å². The molecule has 0 bridgehead atoms. The van der Waals surface area contributed by atoms with Crippen LogP contribution in [0.15, 0.2) is 42.6 Å². The first-order valence-electron chi connectivity index (χ1n) is 6.45. The molecule has 114 valence electrons. The van der Waals surface area contributed by atoms with E-state index >= 15 is 0 Å². The van der Waals surface area contributed by atoms with Crippen LogP contribution in [0, 0.1) is 0 Å². The average Bonchev–Trinajstić information content (AvgIpc) is 2.91. The number of methoxy groups -OCH3 is 1. The fourth-order valence-corrected chi connectivity index (χ4v) is 1.74. The van der Waals surface area contributed by atoms with Gasteiger partial charge in [0.2, 0.25) is 5.91 Å². The normalized spacial score (nSPS) is 10.6. The number of anilines is 1. The molecule has 0 saturated heterocycles. The maximum absolute atomic E-state index is 11.8. The maximum Gasteiger partial charge on any atom is 0.325 e. The fraction of sp³-hybridized carbons (Fsp3) is 0.133. The molecule has 22 heavy (non-hydrogen) atoms. The van der Waals surface area contributed by atoms with Gasteiger partial charge in [0.1, 0.15) is 12.3 Å². The second-order valence-electron chi connectivity index (χ2n) is 4.39. The van der Waals surface area contributed by atoms with E-state index in [0.29, 0.717) is 11.6 Å². The number of nitrogens with one attached hydrogen (secondary N) is 1. The second kappa shape index (κ2) is 7.07. The molecule has 1 amide bonds. The molecule has 2 N–H and O–H groups in total. The van der Waals surface area contributed by atoms with Crippen LogP contribution in [0.1, 0.15) is 5.56 Å². The first-order chi connectivity index (χ1) is 10.6. The number of amides is 1. The highest BCUT2D eigenvalue weighted by atomic mass is 16.5. The number of ether oxygens (including phenoxy) is 1. The quantitative estimate of drug-likeness (QED) is 0.791. The fourth-order valence-electron chi connectivity index (χ4n) is 1.74. The molecule has 0 unspecified atom stereocenters. The van der Waals surface area contributed by atoms with Gasteiger partial charge in [-0.25, -0.2) is 0 Å². The molecule has 0 atom stereocenters. The zero-order valence-electron chi connectivity index (χ0n) is 11.9. The standard InChI is InChI=1S/C15H15N3O4/c1-22-12-4-2-3-11(9-12)5-6-14(19)16-13-7-8-18(17-13)10-15(20)21/h2-9H,10H2,1H3,(H,20,21)(H,16,17,19)/b6-5+. The van der Waals surface area contributed by atoms with Gasteiger partial charge in [-0.15, -0.1) is 0 Å². The van der Waals surface area contributed by atoms with Gasteiger partial charge in [0.25, 0.3) is 0 Å². The van der Waals surface area contributed by atoms with Crippen LogP contribution in [0.5, 0.6) is 5.75 Å². The van der Waals surface area contributed by atoms with Crippen molar-refractivity contribution in [2.24, 2.45) is 0 Å². The summed E-state index contributed by atoms with van der Waals surface area (Å²) in [5, 5.41) is 15.1. The lowest BCUT2D eigenvalue weighted by atomic mass is 10.2. The number of carbonyl (C=O) groups is 2. The first-order valence-corrected chi connectivity index (χ1v) is 6.45. The summed E-state index contributed by atoms with van der Waals surface area (Å²) in [6.45, 7) is -0.254. The zero-order chi connectivity index (χ0) is 15.9. The summed E-state index contributed by atoms with van der Waals surface area (Å²) >= 11 is 0. The van der Waals surface area contributed by atoms with Crippen LogP contribution in [0.3, 0.4) is 0 Å². The van der Waals surface area contributed by atoms with Crippen molar-refractivity contribution in [2.75, 3.05) is 12.4 Å².